The average Bonchev–Trinajstić information content (AvgIpc) is 2.62. The maximum absolute atomic E-state index is 12.4. The highest BCUT2D eigenvalue weighted by atomic mass is 16.5. The molecule has 0 aliphatic carbocycles. The van der Waals surface area contributed by atoms with Crippen molar-refractivity contribution >= 4 is 11.9 Å². The lowest BCUT2D eigenvalue weighted by molar-refractivity contribution is -0.140. The van der Waals surface area contributed by atoms with E-state index in [4.69, 9.17) is 0 Å². The first-order chi connectivity index (χ1) is 12.2. The molecule has 0 saturated heterocycles. The topological polar surface area (TPSA) is 46.6 Å². The van der Waals surface area contributed by atoms with Crippen molar-refractivity contribution in [3.63, 3.8) is 0 Å². The van der Waals surface area contributed by atoms with E-state index in [9.17, 15) is 9.59 Å². The third-order valence-electron chi connectivity index (χ3n) is 4.67. The van der Waals surface area contributed by atoms with E-state index >= 15 is 0 Å². The minimum atomic E-state index is -0.114. The molecule has 0 radical (unpaired) electrons. The van der Waals surface area contributed by atoms with Gasteiger partial charge in [-0.05, 0) is 25.7 Å². The molecule has 0 saturated carbocycles. The molecule has 0 aromatic carbocycles. The summed E-state index contributed by atoms with van der Waals surface area (Å²) in [6.07, 6.45) is 14.7. The molecule has 0 rings (SSSR count). The summed E-state index contributed by atoms with van der Waals surface area (Å²) in [4.78, 5) is 25.6. The van der Waals surface area contributed by atoms with Crippen molar-refractivity contribution in [1.29, 1.82) is 0 Å². The Hall–Kier alpha value is -1.06. The fourth-order valence-corrected chi connectivity index (χ4v) is 2.98. The molecule has 0 unspecified atom stereocenters. The summed E-state index contributed by atoms with van der Waals surface area (Å²) in [5, 5.41) is 0. The Labute approximate surface area is 155 Å². The molecule has 0 atom stereocenters. The van der Waals surface area contributed by atoms with Gasteiger partial charge in [0, 0.05) is 25.9 Å². The van der Waals surface area contributed by atoms with Crippen LogP contribution < -0.4 is 0 Å². The zero-order valence-electron chi connectivity index (χ0n) is 17.0. The van der Waals surface area contributed by atoms with Crippen molar-refractivity contribution in [2.45, 2.75) is 104 Å². The third-order valence-corrected chi connectivity index (χ3v) is 4.67. The molecule has 0 N–H and O–H groups in total. The average molecular weight is 356 g/mol. The Bertz CT molecular complexity index is 321. The molecule has 0 fully saturated rings. The number of ether oxygens (including phenoxy) is 1. The number of amides is 1. The molecule has 0 aromatic heterocycles. The Morgan fingerprint density at radius 1 is 0.680 bits per heavy atom. The van der Waals surface area contributed by atoms with E-state index in [1.165, 1.54) is 32.8 Å². The minimum Gasteiger partial charge on any atom is -0.469 e. The van der Waals surface area contributed by atoms with E-state index in [-0.39, 0.29) is 5.97 Å². The fraction of sp³-hybridized carbons (Fsp3) is 0.905. The van der Waals surface area contributed by atoms with Crippen LogP contribution in [0, 0.1) is 0 Å². The second-order valence-electron chi connectivity index (χ2n) is 6.99. The molecule has 0 heterocycles. The molecule has 0 aliphatic rings. The van der Waals surface area contributed by atoms with Crippen molar-refractivity contribution in [2.75, 3.05) is 20.2 Å². The van der Waals surface area contributed by atoms with E-state index in [0.717, 1.165) is 64.5 Å². The molecule has 4 heteroatoms. The molecule has 0 aliphatic heterocycles. The van der Waals surface area contributed by atoms with Crippen LogP contribution in [0.2, 0.25) is 0 Å². The Balaban J connectivity index is 3.78. The molecular weight excluding hydrogens is 314 g/mol. The van der Waals surface area contributed by atoms with Crippen LogP contribution in [0.4, 0.5) is 0 Å². The lowest BCUT2D eigenvalue weighted by Gasteiger charge is -2.23. The second kappa shape index (κ2) is 17.8. The molecule has 148 valence electrons. The van der Waals surface area contributed by atoms with Crippen molar-refractivity contribution in [3.05, 3.63) is 0 Å². The van der Waals surface area contributed by atoms with Crippen LogP contribution in [0.3, 0.4) is 0 Å². The molecule has 0 spiro atoms. The number of rotatable bonds is 17. The van der Waals surface area contributed by atoms with Gasteiger partial charge in [-0.1, -0.05) is 65.2 Å². The largest absolute Gasteiger partial charge is 0.469 e. The molecule has 4 nitrogen and oxygen atoms in total. The van der Waals surface area contributed by atoms with Crippen LogP contribution in [0.15, 0.2) is 0 Å². The quantitative estimate of drug-likeness (QED) is 0.256. The van der Waals surface area contributed by atoms with Gasteiger partial charge in [0.05, 0.1) is 7.11 Å². The van der Waals surface area contributed by atoms with E-state index in [2.05, 4.69) is 23.5 Å². The fourth-order valence-electron chi connectivity index (χ4n) is 2.98. The number of carbonyl (C=O) groups excluding carboxylic acids is 2. The van der Waals surface area contributed by atoms with Gasteiger partial charge in [-0.2, -0.15) is 0 Å². The molecular formula is C21H41NO3. The van der Waals surface area contributed by atoms with Gasteiger partial charge >= 0.3 is 5.97 Å². The van der Waals surface area contributed by atoms with Crippen LogP contribution in [-0.4, -0.2) is 37.0 Å². The van der Waals surface area contributed by atoms with Crippen molar-refractivity contribution in [1.82, 2.24) is 4.90 Å². The Morgan fingerprint density at radius 3 is 1.64 bits per heavy atom. The number of nitrogens with zero attached hydrogens (tertiary/aromatic N) is 1. The van der Waals surface area contributed by atoms with E-state index < -0.39 is 0 Å². The van der Waals surface area contributed by atoms with Crippen molar-refractivity contribution in [3.8, 4) is 0 Å². The maximum Gasteiger partial charge on any atom is 0.305 e. The van der Waals surface area contributed by atoms with E-state index in [1.807, 2.05) is 0 Å². The summed E-state index contributed by atoms with van der Waals surface area (Å²) in [5.41, 5.74) is 0. The molecule has 1 amide bonds. The highest BCUT2D eigenvalue weighted by Crippen LogP contribution is 2.11. The van der Waals surface area contributed by atoms with Gasteiger partial charge in [-0.25, -0.2) is 0 Å². The van der Waals surface area contributed by atoms with Gasteiger partial charge in [0.15, 0.2) is 0 Å². The van der Waals surface area contributed by atoms with Gasteiger partial charge in [0.2, 0.25) is 5.91 Å². The Morgan fingerprint density at radius 2 is 1.16 bits per heavy atom. The zero-order valence-corrected chi connectivity index (χ0v) is 17.0. The lowest BCUT2D eigenvalue weighted by Crippen LogP contribution is -2.32. The zero-order chi connectivity index (χ0) is 18.8. The molecule has 25 heavy (non-hydrogen) atoms. The first kappa shape index (κ1) is 23.9. The number of carbonyl (C=O) groups is 2. The smallest absolute Gasteiger partial charge is 0.305 e. The highest BCUT2D eigenvalue weighted by Gasteiger charge is 2.12. The van der Waals surface area contributed by atoms with Crippen LogP contribution in [0.25, 0.3) is 0 Å². The van der Waals surface area contributed by atoms with Gasteiger partial charge in [0.1, 0.15) is 0 Å². The first-order valence-corrected chi connectivity index (χ1v) is 10.5. The maximum atomic E-state index is 12.4. The van der Waals surface area contributed by atoms with Crippen LogP contribution in [-0.2, 0) is 14.3 Å². The van der Waals surface area contributed by atoms with Crippen molar-refractivity contribution < 1.29 is 14.3 Å². The highest BCUT2D eigenvalue weighted by molar-refractivity contribution is 5.76. The monoisotopic (exact) mass is 355 g/mol. The van der Waals surface area contributed by atoms with E-state index in [1.54, 1.807) is 0 Å². The lowest BCUT2D eigenvalue weighted by atomic mass is 10.1. The number of esters is 1. The summed E-state index contributed by atoms with van der Waals surface area (Å²) in [6.45, 7) is 6.27. The SMILES string of the molecule is CCCCCN(CCCCC)C(=O)CCCCCCCCC(=O)OC. The van der Waals surface area contributed by atoms with Crippen LogP contribution in [0.5, 0.6) is 0 Å². The predicted molar refractivity (Wildman–Crippen MR) is 105 cm³/mol. The standard InChI is InChI=1S/C21H41NO3/c1-4-6-14-18-22(19-15-7-5-2)20(23)16-12-10-8-9-11-13-17-21(24)25-3/h4-19H2,1-3H3. The second-order valence-corrected chi connectivity index (χ2v) is 6.99. The van der Waals surface area contributed by atoms with Gasteiger partial charge in [-0.15, -0.1) is 0 Å². The number of unbranched alkanes of at least 4 members (excludes halogenated alkanes) is 9. The summed E-state index contributed by atoms with van der Waals surface area (Å²) < 4.78 is 4.63. The normalized spacial score (nSPS) is 10.7. The number of hydrogen-bond donors (Lipinski definition) is 0. The summed E-state index contributed by atoms with van der Waals surface area (Å²) in [7, 11) is 1.44. The number of methoxy groups -OCH3 is 1. The number of hydrogen-bond acceptors (Lipinski definition) is 3. The minimum absolute atomic E-state index is 0.114. The molecule has 0 bridgehead atoms. The summed E-state index contributed by atoms with van der Waals surface area (Å²) in [5.74, 6) is 0.231. The van der Waals surface area contributed by atoms with Crippen LogP contribution >= 0.6 is 0 Å². The third kappa shape index (κ3) is 14.9. The summed E-state index contributed by atoms with van der Waals surface area (Å²) in [6, 6.07) is 0. The predicted octanol–water partition coefficient (Wildman–Crippen LogP) is 5.49. The summed E-state index contributed by atoms with van der Waals surface area (Å²) >= 11 is 0. The van der Waals surface area contributed by atoms with Gasteiger partial charge in [0.25, 0.3) is 0 Å². The first-order valence-electron chi connectivity index (χ1n) is 10.5. The van der Waals surface area contributed by atoms with Gasteiger partial charge in [-0.3, -0.25) is 9.59 Å². The Kier molecular flexibility index (Phi) is 17.0. The van der Waals surface area contributed by atoms with Gasteiger partial charge < -0.3 is 9.64 Å². The van der Waals surface area contributed by atoms with Crippen molar-refractivity contribution in [2.24, 2.45) is 0 Å². The van der Waals surface area contributed by atoms with E-state index in [0.29, 0.717) is 18.7 Å². The molecule has 0 aromatic rings. The van der Waals surface area contributed by atoms with Crippen LogP contribution in [0.1, 0.15) is 104 Å².